The van der Waals surface area contributed by atoms with Gasteiger partial charge in [0.15, 0.2) is 0 Å². The third kappa shape index (κ3) is 4.68. The van der Waals surface area contributed by atoms with E-state index in [0.29, 0.717) is 19.4 Å². The second kappa shape index (κ2) is 7.62. The maximum absolute atomic E-state index is 12.7. The lowest BCUT2D eigenvalue weighted by atomic mass is 9.92. The minimum absolute atomic E-state index is 0.106. The molecule has 0 fully saturated rings. The molecule has 1 aliphatic heterocycles. The van der Waals surface area contributed by atoms with Gasteiger partial charge < -0.3 is 9.30 Å². The van der Waals surface area contributed by atoms with Crippen molar-refractivity contribution < 1.29 is 14.3 Å². The number of amides is 1. The van der Waals surface area contributed by atoms with Gasteiger partial charge in [0.1, 0.15) is 11.4 Å². The van der Waals surface area contributed by atoms with Gasteiger partial charge in [-0.2, -0.15) is 0 Å². The number of Topliss-reactive ketones (excluding diaryl/α,β-unsaturated/α-hetero) is 1. The van der Waals surface area contributed by atoms with Gasteiger partial charge in [-0.1, -0.05) is 6.07 Å². The smallest absolute Gasteiger partial charge is 0.414 e. The zero-order chi connectivity index (χ0) is 20.5. The van der Waals surface area contributed by atoms with E-state index in [1.807, 2.05) is 62.9 Å². The topological polar surface area (TPSA) is 64.4 Å². The minimum Gasteiger partial charge on any atom is -0.443 e. The maximum Gasteiger partial charge on any atom is 0.414 e. The molecule has 1 aliphatic rings. The zero-order valence-electron chi connectivity index (χ0n) is 17.2. The highest BCUT2D eigenvalue weighted by molar-refractivity contribution is 5.98. The quantitative estimate of drug-likeness (QED) is 0.798. The number of imidazole rings is 1. The Morgan fingerprint density at radius 1 is 1.29 bits per heavy atom. The molecule has 0 saturated carbocycles. The zero-order valence-corrected chi connectivity index (χ0v) is 17.2. The Bertz CT molecular complexity index is 935. The van der Waals surface area contributed by atoms with Crippen molar-refractivity contribution in [3.8, 4) is 0 Å². The molecule has 2 aromatic rings. The standard InChI is InChI=1S/C22H27N3O3/c1-15(26)10-16-6-7-20-19(11-16)17(12-18-13-24(5)14-23-18)8-9-25(20)21(27)28-22(2,3)4/h6-7,11-14H,8-10H2,1-5H3/b17-12+. The third-order valence-corrected chi connectivity index (χ3v) is 4.42. The molecular weight excluding hydrogens is 354 g/mol. The number of hydrogen-bond acceptors (Lipinski definition) is 4. The van der Waals surface area contributed by atoms with Crippen molar-refractivity contribution in [2.75, 3.05) is 11.4 Å². The predicted octanol–water partition coefficient (Wildman–Crippen LogP) is 4.24. The van der Waals surface area contributed by atoms with E-state index in [9.17, 15) is 9.59 Å². The van der Waals surface area contributed by atoms with Crippen LogP contribution in [0.1, 0.15) is 50.9 Å². The van der Waals surface area contributed by atoms with Crippen molar-refractivity contribution in [1.29, 1.82) is 0 Å². The summed E-state index contributed by atoms with van der Waals surface area (Å²) in [5.41, 5.74) is 4.08. The average molecular weight is 381 g/mol. The summed E-state index contributed by atoms with van der Waals surface area (Å²) in [7, 11) is 1.93. The van der Waals surface area contributed by atoms with E-state index < -0.39 is 5.60 Å². The van der Waals surface area contributed by atoms with Crippen LogP contribution >= 0.6 is 0 Å². The number of nitrogens with zero attached hydrogens (tertiary/aromatic N) is 3. The normalized spacial score (nSPS) is 15.5. The fraction of sp³-hybridized carbons (Fsp3) is 0.409. The summed E-state index contributed by atoms with van der Waals surface area (Å²) in [5.74, 6) is 0.106. The number of ketones is 1. The average Bonchev–Trinajstić information content (AvgIpc) is 2.98. The first kappa shape index (κ1) is 19.9. The van der Waals surface area contributed by atoms with Crippen LogP contribution in [0.4, 0.5) is 10.5 Å². The first-order valence-corrected chi connectivity index (χ1v) is 9.44. The number of anilines is 1. The number of hydrogen-bond donors (Lipinski definition) is 0. The Morgan fingerprint density at radius 2 is 2.04 bits per heavy atom. The summed E-state index contributed by atoms with van der Waals surface area (Å²) < 4.78 is 7.48. The highest BCUT2D eigenvalue weighted by Crippen LogP contribution is 2.37. The molecule has 0 atom stereocenters. The second-order valence-electron chi connectivity index (χ2n) is 8.25. The molecule has 3 rings (SSSR count). The van der Waals surface area contributed by atoms with Crippen LogP contribution < -0.4 is 4.90 Å². The lowest BCUT2D eigenvalue weighted by Gasteiger charge is -2.33. The lowest BCUT2D eigenvalue weighted by Crippen LogP contribution is -2.39. The molecule has 0 saturated heterocycles. The van der Waals surface area contributed by atoms with E-state index in [0.717, 1.165) is 28.1 Å². The number of aromatic nitrogens is 2. The van der Waals surface area contributed by atoms with E-state index >= 15 is 0 Å². The van der Waals surface area contributed by atoms with Crippen molar-refractivity contribution in [3.05, 3.63) is 47.5 Å². The Kier molecular flexibility index (Phi) is 5.40. The van der Waals surface area contributed by atoms with Crippen molar-refractivity contribution >= 4 is 29.2 Å². The van der Waals surface area contributed by atoms with Gasteiger partial charge in [-0.05, 0) is 63.5 Å². The van der Waals surface area contributed by atoms with Gasteiger partial charge in [0.25, 0.3) is 0 Å². The Hall–Kier alpha value is -2.89. The van der Waals surface area contributed by atoms with Gasteiger partial charge in [-0.15, -0.1) is 0 Å². The SMILES string of the molecule is CC(=O)Cc1ccc2c(c1)/C(=C/c1cn(C)cn1)CCN2C(=O)OC(C)(C)C. The molecule has 1 aromatic heterocycles. The molecule has 2 heterocycles. The highest BCUT2D eigenvalue weighted by atomic mass is 16.6. The van der Waals surface area contributed by atoms with Crippen LogP contribution in [0, 0.1) is 0 Å². The van der Waals surface area contributed by atoms with E-state index in [2.05, 4.69) is 4.98 Å². The van der Waals surface area contributed by atoms with Crippen molar-refractivity contribution in [1.82, 2.24) is 9.55 Å². The molecule has 0 bridgehead atoms. The molecule has 1 amide bonds. The maximum atomic E-state index is 12.7. The summed E-state index contributed by atoms with van der Waals surface area (Å²) >= 11 is 0. The van der Waals surface area contributed by atoms with Crippen LogP contribution in [0.25, 0.3) is 11.6 Å². The van der Waals surface area contributed by atoms with Gasteiger partial charge in [0.05, 0.1) is 17.7 Å². The van der Waals surface area contributed by atoms with Crippen LogP contribution in [0.15, 0.2) is 30.7 Å². The first-order chi connectivity index (χ1) is 13.1. The summed E-state index contributed by atoms with van der Waals surface area (Å²) in [4.78, 5) is 30.4. The molecule has 6 nitrogen and oxygen atoms in total. The van der Waals surface area contributed by atoms with Crippen LogP contribution in [0.2, 0.25) is 0 Å². The van der Waals surface area contributed by atoms with Crippen LogP contribution in [0.5, 0.6) is 0 Å². The van der Waals surface area contributed by atoms with E-state index in [1.165, 1.54) is 0 Å². The Labute approximate surface area is 165 Å². The first-order valence-electron chi connectivity index (χ1n) is 9.44. The summed E-state index contributed by atoms with van der Waals surface area (Å²) in [5, 5.41) is 0. The van der Waals surface area contributed by atoms with Crippen molar-refractivity contribution in [2.24, 2.45) is 7.05 Å². The molecule has 148 valence electrons. The van der Waals surface area contributed by atoms with E-state index in [-0.39, 0.29) is 11.9 Å². The summed E-state index contributed by atoms with van der Waals surface area (Å²) in [6, 6.07) is 5.81. The molecule has 0 radical (unpaired) electrons. The van der Waals surface area contributed by atoms with E-state index in [4.69, 9.17) is 4.74 Å². The third-order valence-electron chi connectivity index (χ3n) is 4.42. The number of carbonyl (C=O) groups excluding carboxylic acids is 2. The van der Waals surface area contributed by atoms with Crippen molar-refractivity contribution in [2.45, 2.75) is 46.1 Å². The Morgan fingerprint density at radius 3 is 2.64 bits per heavy atom. The molecule has 0 unspecified atom stereocenters. The van der Waals surface area contributed by atoms with Gasteiger partial charge in [-0.25, -0.2) is 9.78 Å². The summed E-state index contributed by atoms with van der Waals surface area (Å²) in [6.07, 6.45) is 6.46. The van der Waals surface area contributed by atoms with Gasteiger partial charge in [0, 0.05) is 31.8 Å². The van der Waals surface area contributed by atoms with Gasteiger partial charge >= 0.3 is 6.09 Å². The number of ether oxygens (including phenoxy) is 1. The van der Waals surface area contributed by atoms with Crippen LogP contribution in [-0.4, -0.2) is 33.6 Å². The molecule has 1 aromatic carbocycles. The minimum atomic E-state index is -0.560. The number of benzene rings is 1. The largest absolute Gasteiger partial charge is 0.443 e. The second-order valence-corrected chi connectivity index (χ2v) is 8.25. The molecule has 0 spiro atoms. The molecule has 28 heavy (non-hydrogen) atoms. The fourth-order valence-corrected chi connectivity index (χ4v) is 3.30. The lowest BCUT2D eigenvalue weighted by molar-refractivity contribution is -0.116. The number of rotatable bonds is 3. The highest BCUT2D eigenvalue weighted by Gasteiger charge is 2.29. The molecule has 0 aliphatic carbocycles. The molecule has 0 N–H and O–H groups in total. The predicted molar refractivity (Wildman–Crippen MR) is 110 cm³/mol. The Balaban J connectivity index is 2.02. The number of fused-ring (bicyclic) bond motifs is 1. The molecular formula is C22H27N3O3. The molecule has 6 heteroatoms. The fourth-order valence-electron chi connectivity index (χ4n) is 3.30. The van der Waals surface area contributed by atoms with Crippen molar-refractivity contribution in [3.63, 3.8) is 0 Å². The van der Waals surface area contributed by atoms with Crippen LogP contribution in [-0.2, 0) is 23.0 Å². The van der Waals surface area contributed by atoms with Gasteiger partial charge in [0.2, 0.25) is 0 Å². The summed E-state index contributed by atoms with van der Waals surface area (Å²) in [6.45, 7) is 7.69. The van der Waals surface area contributed by atoms with Gasteiger partial charge in [-0.3, -0.25) is 9.69 Å². The number of carbonyl (C=O) groups is 2. The van der Waals surface area contributed by atoms with E-state index in [1.54, 1.807) is 18.2 Å². The van der Waals surface area contributed by atoms with Crippen LogP contribution in [0.3, 0.4) is 0 Å². The number of aryl methyl sites for hydroxylation is 1. The monoisotopic (exact) mass is 381 g/mol.